The molecule has 7 nitrogen and oxygen atoms in total. The number of carboxylic acid groups (broad SMARTS) is 1. The number of hydrogen-bond donors (Lipinski definition) is 2. The molecule has 0 saturated heterocycles. The van der Waals surface area contributed by atoms with Crippen LogP contribution in [-0.4, -0.2) is 28.1 Å². The van der Waals surface area contributed by atoms with Gasteiger partial charge >= 0.3 is 5.97 Å². The van der Waals surface area contributed by atoms with Gasteiger partial charge in [-0.05, 0) is 18.6 Å². The first-order valence-electron chi connectivity index (χ1n) is 8.12. The molecule has 1 aromatic heterocycles. The minimum Gasteiger partial charge on any atom is -0.478 e. The van der Waals surface area contributed by atoms with Crippen LogP contribution in [-0.2, 0) is 16.0 Å². The molecule has 2 N–H and O–H groups in total. The van der Waals surface area contributed by atoms with E-state index in [-0.39, 0.29) is 11.8 Å². The summed E-state index contributed by atoms with van der Waals surface area (Å²) in [7, 11) is 0. The topological polar surface area (TPSA) is 97.8 Å². The van der Waals surface area contributed by atoms with Crippen molar-refractivity contribution in [2.45, 2.75) is 31.8 Å². The maximum absolute atomic E-state index is 11.5. The number of rotatable bonds is 3. The maximum Gasteiger partial charge on any atom is 0.345 e. The van der Waals surface area contributed by atoms with Gasteiger partial charge < -0.3 is 19.9 Å². The number of carboxylic acids is 1. The molecule has 0 bridgehead atoms. The minimum atomic E-state index is -1.02. The number of carbonyl (C=O) groups excluding carboxylic acids is 1. The summed E-state index contributed by atoms with van der Waals surface area (Å²) in [5.74, 6) is 0.461. The van der Waals surface area contributed by atoms with E-state index in [4.69, 9.17) is 21.1 Å². The summed E-state index contributed by atoms with van der Waals surface area (Å²) >= 11 is 6.30. The number of carbonyl (C=O) groups is 2. The quantitative estimate of drug-likeness (QED) is 0.854. The Morgan fingerprint density at radius 3 is 2.96 bits per heavy atom. The first-order chi connectivity index (χ1) is 12.4. The zero-order valence-electron chi connectivity index (χ0n) is 13.8. The van der Waals surface area contributed by atoms with Gasteiger partial charge in [0.25, 0.3) is 0 Å². The fourth-order valence-corrected chi connectivity index (χ4v) is 3.42. The molecule has 3 heterocycles. The van der Waals surface area contributed by atoms with Crippen molar-refractivity contribution in [1.82, 2.24) is 4.98 Å². The molecule has 2 atom stereocenters. The molecule has 2 aromatic rings. The van der Waals surface area contributed by atoms with Crippen LogP contribution in [0.25, 0.3) is 0 Å². The summed E-state index contributed by atoms with van der Waals surface area (Å²) < 4.78 is 11.5. The zero-order chi connectivity index (χ0) is 18.4. The van der Waals surface area contributed by atoms with E-state index < -0.39 is 12.1 Å². The Labute approximate surface area is 153 Å². The van der Waals surface area contributed by atoms with Gasteiger partial charge in [-0.3, -0.25) is 4.79 Å². The van der Waals surface area contributed by atoms with Gasteiger partial charge in [-0.1, -0.05) is 18.5 Å². The highest BCUT2D eigenvalue weighted by Gasteiger charge is 2.37. The zero-order valence-corrected chi connectivity index (χ0v) is 14.5. The first-order valence-corrected chi connectivity index (χ1v) is 8.50. The van der Waals surface area contributed by atoms with E-state index >= 15 is 0 Å². The van der Waals surface area contributed by atoms with E-state index in [9.17, 15) is 14.7 Å². The van der Waals surface area contributed by atoms with Gasteiger partial charge in [0.15, 0.2) is 0 Å². The monoisotopic (exact) mass is 374 g/mol. The summed E-state index contributed by atoms with van der Waals surface area (Å²) in [4.78, 5) is 27.0. The molecule has 8 heteroatoms. The number of nitrogens with zero attached hydrogens (tertiary/aromatic N) is 1. The third-order valence-corrected chi connectivity index (χ3v) is 4.89. The molecule has 2 unspecified atom stereocenters. The number of ether oxygens (including phenoxy) is 2. The highest BCUT2D eigenvalue weighted by atomic mass is 35.5. The van der Waals surface area contributed by atoms with Gasteiger partial charge in [0, 0.05) is 35.7 Å². The van der Waals surface area contributed by atoms with Crippen molar-refractivity contribution in [3.8, 4) is 17.2 Å². The Kier molecular flexibility index (Phi) is 3.96. The van der Waals surface area contributed by atoms with Gasteiger partial charge in [0.2, 0.25) is 12.0 Å². The average molecular weight is 375 g/mol. The van der Waals surface area contributed by atoms with Crippen molar-refractivity contribution in [3.05, 3.63) is 40.5 Å². The summed E-state index contributed by atoms with van der Waals surface area (Å²) in [6.45, 7) is 1.78. The van der Waals surface area contributed by atoms with Crippen molar-refractivity contribution < 1.29 is 24.2 Å². The second kappa shape index (κ2) is 6.17. The predicted octanol–water partition coefficient (Wildman–Crippen LogP) is 3.36. The Bertz CT molecular complexity index is 930. The van der Waals surface area contributed by atoms with E-state index in [0.717, 1.165) is 11.1 Å². The van der Waals surface area contributed by atoms with Gasteiger partial charge in [-0.2, -0.15) is 0 Å². The molecule has 0 aliphatic carbocycles. The average Bonchev–Trinajstić information content (AvgIpc) is 2.91. The van der Waals surface area contributed by atoms with E-state index in [1.54, 1.807) is 31.3 Å². The fraction of sp³-hybridized carbons (Fsp3) is 0.278. The van der Waals surface area contributed by atoms with Crippen LogP contribution in [0.15, 0.2) is 24.4 Å². The molecule has 2 aliphatic heterocycles. The van der Waals surface area contributed by atoms with Crippen molar-refractivity contribution >= 4 is 29.3 Å². The number of anilines is 1. The van der Waals surface area contributed by atoms with E-state index in [1.807, 2.05) is 0 Å². The van der Waals surface area contributed by atoms with Crippen LogP contribution in [0.4, 0.5) is 5.82 Å². The molecule has 0 saturated carbocycles. The lowest BCUT2D eigenvalue weighted by Crippen LogP contribution is -2.27. The molecule has 0 fully saturated rings. The van der Waals surface area contributed by atoms with Gasteiger partial charge in [-0.25, -0.2) is 9.78 Å². The van der Waals surface area contributed by atoms with Crippen LogP contribution in [0, 0.1) is 0 Å². The number of nitrogens with one attached hydrogen (secondary N) is 1. The smallest absolute Gasteiger partial charge is 0.345 e. The number of benzene rings is 1. The molecule has 26 heavy (non-hydrogen) atoms. The Morgan fingerprint density at radius 1 is 1.38 bits per heavy atom. The molecular formula is C18H15ClN2O5. The van der Waals surface area contributed by atoms with Gasteiger partial charge in [-0.15, -0.1) is 0 Å². The van der Waals surface area contributed by atoms with E-state index in [2.05, 4.69) is 10.3 Å². The first kappa shape index (κ1) is 16.7. The van der Waals surface area contributed by atoms with Crippen molar-refractivity contribution in [2.75, 3.05) is 5.32 Å². The van der Waals surface area contributed by atoms with Crippen LogP contribution in [0.1, 0.15) is 30.4 Å². The molecule has 1 amide bonds. The summed E-state index contributed by atoms with van der Waals surface area (Å²) in [6, 6.07) is 4.99. The Balaban J connectivity index is 1.68. The van der Waals surface area contributed by atoms with Crippen LogP contribution in [0.5, 0.6) is 17.2 Å². The van der Waals surface area contributed by atoms with Crippen LogP contribution < -0.4 is 14.8 Å². The van der Waals surface area contributed by atoms with Crippen LogP contribution in [0.2, 0.25) is 5.02 Å². The summed E-state index contributed by atoms with van der Waals surface area (Å²) in [6.07, 6.45) is 1.49. The Morgan fingerprint density at radius 2 is 2.19 bits per heavy atom. The molecular weight excluding hydrogens is 360 g/mol. The fourth-order valence-electron chi connectivity index (χ4n) is 3.22. The Hall–Kier alpha value is -2.80. The molecule has 134 valence electrons. The lowest BCUT2D eigenvalue weighted by molar-refractivity contribution is -0.145. The predicted molar refractivity (Wildman–Crippen MR) is 93.2 cm³/mol. The van der Waals surface area contributed by atoms with E-state index in [1.165, 1.54) is 0 Å². The third-order valence-electron chi connectivity index (χ3n) is 4.60. The van der Waals surface area contributed by atoms with Gasteiger partial charge in [0.1, 0.15) is 23.1 Å². The SMILES string of the molecule is CC1c2cc(Oc3ccnc4c3CCC(=O)N4)c(Cl)cc2OC1C(=O)O. The number of hydrogen-bond acceptors (Lipinski definition) is 5. The summed E-state index contributed by atoms with van der Waals surface area (Å²) in [5, 5.41) is 12.3. The molecule has 1 aromatic carbocycles. The second-order valence-corrected chi connectivity index (χ2v) is 6.68. The highest BCUT2D eigenvalue weighted by Crippen LogP contribution is 2.45. The minimum absolute atomic E-state index is 0.0802. The van der Waals surface area contributed by atoms with Crippen molar-refractivity contribution in [3.63, 3.8) is 0 Å². The third kappa shape index (κ3) is 2.74. The number of halogens is 1. The lowest BCUT2D eigenvalue weighted by Gasteiger charge is -2.19. The van der Waals surface area contributed by atoms with E-state index in [0.29, 0.717) is 40.9 Å². The second-order valence-electron chi connectivity index (χ2n) is 6.27. The lowest BCUT2D eigenvalue weighted by atomic mass is 9.97. The molecule has 0 spiro atoms. The van der Waals surface area contributed by atoms with Crippen LogP contribution >= 0.6 is 11.6 Å². The normalized spacial score (nSPS) is 20.6. The van der Waals surface area contributed by atoms with Gasteiger partial charge in [0.05, 0.1) is 5.02 Å². The number of fused-ring (bicyclic) bond motifs is 2. The van der Waals surface area contributed by atoms with Crippen molar-refractivity contribution in [2.24, 2.45) is 0 Å². The molecule has 4 rings (SSSR count). The number of aromatic nitrogens is 1. The highest BCUT2D eigenvalue weighted by molar-refractivity contribution is 6.32. The molecule has 2 aliphatic rings. The standard InChI is InChI=1S/C18H15ClN2O5/c1-8-10-6-14(11(19)7-13(10)26-16(8)18(23)24)25-12-4-5-20-17-9(12)2-3-15(22)21-17/h4-8,16H,2-3H2,1H3,(H,23,24)(H,20,21,22). The van der Waals surface area contributed by atoms with Crippen LogP contribution in [0.3, 0.4) is 0 Å². The van der Waals surface area contributed by atoms with Crippen molar-refractivity contribution in [1.29, 1.82) is 0 Å². The largest absolute Gasteiger partial charge is 0.478 e. The molecule has 0 radical (unpaired) electrons. The number of aliphatic carboxylic acids is 1. The summed E-state index contributed by atoms with van der Waals surface area (Å²) in [5.41, 5.74) is 1.53. The number of amides is 1. The maximum atomic E-state index is 11.5. The number of pyridine rings is 1.